The van der Waals surface area contributed by atoms with Crippen molar-refractivity contribution in [2.75, 3.05) is 19.0 Å². The maximum atomic E-state index is 14.4. The van der Waals surface area contributed by atoms with Gasteiger partial charge in [0.15, 0.2) is 17.3 Å². The Labute approximate surface area is 219 Å². The summed E-state index contributed by atoms with van der Waals surface area (Å²) in [5.74, 6) is -5.46. The van der Waals surface area contributed by atoms with E-state index in [-0.39, 0.29) is 22.1 Å². The lowest BCUT2D eigenvalue weighted by Gasteiger charge is -2.26. The van der Waals surface area contributed by atoms with Crippen molar-refractivity contribution >= 4 is 23.2 Å². The minimum absolute atomic E-state index is 0.0559. The molecular weight excluding hydrogens is 526 g/mol. The Bertz CT molecular complexity index is 1520. The van der Waals surface area contributed by atoms with Gasteiger partial charge in [-0.25, -0.2) is 13.8 Å². The Morgan fingerprint density at radius 1 is 1.29 bits per heavy atom. The molecule has 0 aliphatic heterocycles. The molecule has 0 spiro atoms. The van der Waals surface area contributed by atoms with Gasteiger partial charge in [0.25, 0.3) is 11.5 Å². The van der Waals surface area contributed by atoms with E-state index in [1.165, 1.54) is 19.4 Å². The highest BCUT2D eigenvalue weighted by Crippen LogP contribution is 2.41. The number of ether oxygens (including phenoxy) is 1. The van der Waals surface area contributed by atoms with Gasteiger partial charge in [0, 0.05) is 37.2 Å². The van der Waals surface area contributed by atoms with Crippen LogP contribution in [0.2, 0.25) is 5.02 Å². The summed E-state index contributed by atoms with van der Waals surface area (Å²) in [5.41, 5.74) is -0.479. The molecular formula is C24H23ClF2N6O5. The van der Waals surface area contributed by atoms with E-state index in [4.69, 9.17) is 16.3 Å². The summed E-state index contributed by atoms with van der Waals surface area (Å²) < 4.78 is 40.7. The molecule has 3 aromatic heterocycles. The summed E-state index contributed by atoms with van der Waals surface area (Å²) in [6, 6.07) is 1.84. The summed E-state index contributed by atoms with van der Waals surface area (Å²) in [6.07, 6.45) is 5.60. The number of halogens is 3. The second-order valence-corrected chi connectivity index (χ2v) is 8.89. The number of nitrogens with one attached hydrogen (secondary N) is 1. The first-order valence-corrected chi connectivity index (χ1v) is 11.7. The van der Waals surface area contributed by atoms with Gasteiger partial charge >= 0.3 is 0 Å². The van der Waals surface area contributed by atoms with Gasteiger partial charge in [-0.2, -0.15) is 5.10 Å². The molecule has 0 aliphatic rings. The van der Waals surface area contributed by atoms with Crippen LogP contribution in [-0.4, -0.2) is 49.2 Å². The largest absolute Gasteiger partial charge is 0.501 e. The quantitative estimate of drug-likeness (QED) is 0.303. The molecule has 11 nitrogen and oxygen atoms in total. The molecule has 0 bridgehead atoms. The third-order valence-electron chi connectivity index (χ3n) is 6.03. The molecule has 2 N–H and O–H groups in total. The maximum Gasteiger partial charge on any atom is 0.296 e. The summed E-state index contributed by atoms with van der Waals surface area (Å²) in [4.78, 5) is 30.0. The van der Waals surface area contributed by atoms with Gasteiger partial charge in [0.1, 0.15) is 17.8 Å². The zero-order valence-corrected chi connectivity index (χ0v) is 21.2. The van der Waals surface area contributed by atoms with E-state index in [1.807, 2.05) is 0 Å². The maximum absolute atomic E-state index is 14.4. The molecule has 0 fully saturated rings. The third kappa shape index (κ3) is 5.29. The standard InChI is InChI=1S/C24H23ClF2N6O5/c1-12(22-31-20(21(34)24(36)32(22)2)23(35)30-14-9-29-38-11-14)19(13-8-28-33(10-13)4-5-37-3)15-6-17(26)18(27)7-16(15)25/h6-12,19,34H,4-5H2,1-3H3,(H,30,35)/t12-,19-/m0/s1. The number of nitrogens with zero attached hydrogens (tertiary/aromatic N) is 5. The number of aromatic hydroxyl groups is 1. The predicted molar refractivity (Wildman–Crippen MR) is 131 cm³/mol. The van der Waals surface area contributed by atoms with Crippen molar-refractivity contribution in [3.63, 3.8) is 0 Å². The molecule has 2 atom stereocenters. The molecule has 1 aromatic carbocycles. The zero-order valence-electron chi connectivity index (χ0n) is 20.5. The van der Waals surface area contributed by atoms with Crippen molar-refractivity contribution in [1.82, 2.24) is 24.5 Å². The van der Waals surface area contributed by atoms with E-state index in [1.54, 1.807) is 24.9 Å². The van der Waals surface area contributed by atoms with Crippen molar-refractivity contribution in [3.05, 3.63) is 86.6 Å². The molecule has 4 rings (SSSR count). The van der Waals surface area contributed by atoms with E-state index in [0.29, 0.717) is 18.7 Å². The van der Waals surface area contributed by atoms with Crippen LogP contribution in [0, 0.1) is 11.6 Å². The average molecular weight is 549 g/mol. The minimum Gasteiger partial charge on any atom is -0.501 e. The van der Waals surface area contributed by atoms with Crippen molar-refractivity contribution < 1.29 is 27.9 Å². The van der Waals surface area contributed by atoms with Crippen molar-refractivity contribution in [1.29, 1.82) is 0 Å². The van der Waals surface area contributed by atoms with Crippen molar-refractivity contribution in [2.24, 2.45) is 7.05 Å². The van der Waals surface area contributed by atoms with Crippen LogP contribution in [0.3, 0.4) is 0 Å². The molecule has 1 amide bonds. The zero-order chi connectivity index (χ0) is 27.6. The summed E-state index contributed by atoms with van der Waals surface area (Å²) in [7, 11) is 2.92. The minimum atomic E-state index is -1.12. The third-order valence-corrected chi connectivity index (χ3v) is 6.35. The smallest absolute Gasteiger partial charge is 0.296 e. The fraction of sp³-hybridized carbons (Fsp3) is 0.292. The molecule has 0 saturated heterocycles. The van der Waals surface area contributed by atoms with Crippen LogP contribution < -0.4 is 10.9 Å². The monoisotopic (exact) mass is 548 g/mol. The number of rotatable bonds is 9. The fourth-order valence-corrected chi connectivity index (χ4v) is 4.41. The van der Waals surface area contributed by atoms with Crippen molar-refractivity contribution in [2.45, 2.75) is 25.3 Å². The molecule has 0 aliphatic carbocycles. The van der Waals surface area contributed by atoms with Crippen LogP contribution in [0.4, 0.5) is 14.5 Å². The Morgan fingerprint density at radius 3 is 2.71 bits per heavy atom. The number of carbonyl (C=O) groups is 1. The topological polar surface area (TPSA) is 137 Å². The number of benzene rings is 1. The number of anilines is 1. The lowest BCUT2D eigenvalue weighted by molar-refractivity contribution is 0.101. The van der Waals surface area contributed by atoms with E-state index >= 15 is 0 Å². The van der Waals surface area contributed by atoms with Gasteiger partial charge in [0.05, 0.1) is 25.5 Å². The molecule has 200 valence electrons. The molecule has 38 heavy (non-hydrogen) atoms. The normalized spacial score (nSPS) is 12.9. The Hall–Kier alpha value is -4.10. The second kappa shape index (κ2) is 11.1. The summed E-state index contributed by atoms with van der Waals surface area (Å²) in [6.45, 7) is 2.48. The Kier molecular flexibility index (Phi) is 7.88. The van der Waals surface area contributed by atoms with Crippen molar-refractivity contribution in [3.8, 4) is 5.75 Å². The average Bonchev–Trinajstić information content (AvgIpc) is 3.57. The van der Waals surface area contributed by atoms with Crippen LogP contribution in [0.15, 0.2) is 46.3 Å². The van der Waals surface area contributed by atoms with Gasteiger partial charge in [-0.15, -0.1) is 0 Å². The number of carbonyl (C=O) groups excluding carboxylic acids is 1. The molecule has 0 unspecified atom stereocenters. The summed E-state index contributed by atoms with van der Waals surface area (Å²) in [5, 5.41) is 20.6. The Morgan fingerprint density at radius 2 is 2.03 bits per heavy atom. The lowest BCUT2D eigenvalue weighted by Crippen LogP contribution is -2.29. The molecule has 14 heteroatoms. The number of methoxy groups -OCH3 is 1. The van der Waals surface area contributed by atoms with E-state index < -0.39 is 46.4 Å². The Balaban J connectivity index is 1.84. The number of amides is 1. The fourth-order valence-electron chi connectivity index (χ4n) is 4.14. The first-order chi connectivity index (χ1) is 18.1. The first-order valence-electron chi connectivity index (χ1n) is 11.3. The molecule has 0 radical (unpaired) electrons. The first kappa shape index (κ1) is 26.9. The van der Waals surface area contributed by atoms with Gasteiger partial charge in [-0.3, -0.25) is 18.8 Å². The number of hydrogen-bond donors (Lipinski definition) is 2. The highest BCUT2D eigenvalue weighted by molar-refractivity contribution is 6.31. The van der Waals surface area contributed by atoms with Crippen LogP contribution in [-0.2, 0) is 18.3 Å². The van der Waals surface area contributed by atoms with Crippen LogP contribution >= 0.6 is 11.6 Å². The number of aromatic nitrogens is 5. The van der Waals surface area contributed by atoms with Gasteiger partial charge in [0.2, 0.25) is 5.75 Å². The molecule has 0 saturated carbocycles. The molecule has 3 heterocycles. The lowest BCUT2D eigenvalue weighted by atomic mass is 9.82. The highest BCUT2D eigenvalue weighted by atomic mass is 35.5. The summed E-state index contributed by atoms with van der Waals surface area (Å²) >= 11 is 6.36. The van der Waals surface area contributed by atoms with E-state index in [9.17, 15) is 23.5 Å². The van der Waals surface area contributed by atoms with Crippen LogP contribution in [0.1, 0.15) is 46.2 Å². The van der Waals surface area contributed by atoms with Crippen LogP contribution in [0.25, 0.3) is 0 Å². The SMILES string of the molecule is COCCn1cc([C@@H](c2cc(F)c(F)cc2Cl)[C@H](C)c2nc(C(=O)Nc3cnoc3)c(O)c(=O)n2C)cn1. The molecule has 4 aromatic rings. The van der Waals surface area contributed by atoms with Gasteiger partial charge in [-0.1, -0.05) is 23.7 Å². The number of hydrogen-bond acceptors (Lipinski definition) is 8. The van der Waals surface area contributed by atoms with Gasteiger partial charge in [-0.05, 0) is 23.3 Å². The van der Waals surface area contributed by atoms with Gasteiger partial charge < -0.3 is 19.7 Å². The van der Waals surface area contributed by atoms with E-state index in [2.05, 4.69) is 25.1 Å². The van der Waals surface area contributed by atoms with Crippen LogP contribution in [0.5, 0.6) is 5.75 Å². The predicted octanol–water partition coefficient (Wildman–Crippen LogP) is 3.44. The highest BCUT2D eigenvalue weighted by Gasteiger charge is 2.32. The van der Waals surface area contributed by atoms with E-state index in [0.717, 1.165) is 23.0 Å². The second-order valence-electron chi connectivity index (χ2n) is 8.48.